The third-order valence-electron chi connectivity index (χ3n) is 12.5. The molecule has 0 aromatic carbocycles. The summed E-state index contributed by atoms with van der Waals surface area (Å²) in [7, 11) is -4.73. The van der Waals surface area contributed by atoms with Gasteiger partial charge in [0.15, 0.2) is 6.10 Å². The number of unbranched alkanes of at least 4 members (excludes halogenated alkanes) is 36. The monoisotopic (exact) mass is 961 g/mol. The summed E-state index contributed by atoms with van der Waals surface area (Å²) in [4.78, 5) is 48.3. The van der Waals surface area contributed by atoms with Crippen LogP contribution in [0.15, 0.2) is 0 Å². The normalized spacial score (nSPS) is 13.3. The maximum atomic E-state index is 12.9. The molecule has 0 aromatic rings. The second kappa shape index (κ2) is 49.9. The van der Waals surface area contributed by atoms with Crippen molar-refractivity contribution in [3.8, 4) is 0 Å². The van der Waals surface area contributed by atoms with Crippen LogP contribution in [0.4, 0.5) is 0 Å². The Morgan fingerprint density at radius 2 is 0.606 bits per heavy atom. The molecule has 3 atom stereocenters. The first kappa shape index (κ1) is 64.5. The maximum Gasteiger partial charge on any atom is 0.472 e. The molecule has 0 rings (SSSR count). The van der Waals surface area contributed by atoms with Gasteiger partial charge in [0, 0.05) is 19.3 Å². The molecule has 0 radical (unpaired) electrons. The van der Waals surface area contributed by atoms with Crippen molar-refractivity contribution in [2.24, 2.45) is 0 Å². The number of phosphoric ester groups is 1. The molecular formula is C54H105O11P. The number of carbonyl (C=O) groups is 3. The van der Waals surface area contributed by atoms with Gasteiger partial charge in [-0.05, 0) is 19.3 Å². The minimum Gasteiger partial charge on any atom is -0.462 e. The lowest BCUT2D eigenvalue weighted by atomic mass is 10.0. The molecule has 0 aliphatic rings. The van der Waals surface area contributed by atoms with Gasteiger partial charge in [-0.3, -0.25) is 23.4 Å². The predicted octanol–water partition coefficient (Wildman–Crippen LogP) is 15.9. The fourth-order valence-corrected chi connectivity index (χ4v) is 9.02. The summed E-state index contributed by atoms with van der Waals surface area (Å²) in [5.74, 6) is -1.43. The van der Waals surface area contributed by atoms with Crippen LogP contribution >= 0.6 is 7.82 Å². The molecule has 0 saturated carbocycles. The number of aliphatic hydroxyl groups excluding tert-OH is 1. The van der Waals surface area contributed by atoms with E-state index in [2.05, 4.69) is 20.8 Å². The minimum atomic E-state index is -4.73. The van der Waals surface area contributed by atoms with Crippen molar-refractivity contribution < 1.29 is 52.2 Å². The van der Waals surface area contributed by atoms with Gasteiger partial charge < -0.3 is 24.2 Å². The smallest absolute Gasteiger partial charge is 0.462 e. The zero-order chi connectivity index (χ0) is 48.4. The second-order valence-corrected chi connectivity index (χ2v) is 20.6. The average Bonchev–Trinajstić information content (AvgIpc) is 3.30. The molecule has 12 heteroatoms. The quantitative estimate of drug-likeness (QED) is 0.0259. The topological polar surface area (TPSA) is 155 Å². The second-order valence-electron chi connectivity index (χ2n) is 19.1. The Labute approximate surface area is 405 Å². The first-order valence-corrected chi connectivity index (χ1v) is 29.4. The number of rotatable bonds is 53. The number of hydrogen-bond donors (Lipinski definition) is 2. The van der Waals surface area contributed by atoms with E-state index < -0.39 is 57.8 Å². The summed E-state index contributed by atoms with van der Waals surface area (Å²) in [6.45, 7) is 4.67. The minimum absolute atomic E-state index is 0.178. The van der Waals surface area contributed by atoms with E-state index in [1.807, 2.05) is 0 Å². The Balaban J connectivity index is 4.66. The Morgan fingerprint density at radius 3 is 0.894 bits per heavy atom. The van der Waals surface area contributed by atoms with E-state index in [1.54, 1.807) is 0 Å². The molecule has 0 saturated heterocycles. The van der Waals surface area contributed by atoms with Crippen LogP contribution in [0.2, 0.25) is 0 Å². The van der Waals surface area contributed by atoms with Crippen molar-refractivity contribution in [3.05, 3.63) is 0 Å². The third-order valence-corrected chi connectivity index (χ3v) is 13.5. The molecule has 0 fully saturated rings. The molecule has 3 unspecified atom stereocenters. The zero-order valence-electron chi connectivity index (χ0n) is 43.2. The number of esters is 3. The fraction of sp³-hybridized carbons (Fsp3) is 0.944. The van der Waals surface area contributed by atoms with Crippen LogP contribution in [0, 0.1) is 0 Å². The van der Waals surface area contributed by atoms with Gasteiger partial charge in [0.25, 0.3) is 0 Å². The van der Waals surface area contributed by atoms with Crippen molar-refractivity contribution in [2.75, 3.05) is 26.4 Å². The van der Waals surface area contributed by atoms with E-state index in [0.29, 0.717) is 19.3 Å². The van der Waals surface area contributed by atoms with Crippen LogP contribution in [-0.4, -0.2) is 66.5 Å². The van der Waals surface area contributed by atoms with E-state index in [4.69, 9.17) is 23.3 Å². The largest absolute Gasteiger partial charge is 0.472 e. The Kier molecular flexibility index (Phi) is 48.7. The van der Waals surface area contributed by atoms with Crippen LogP contribution < -0.4 is 0 Å². The van der Waals surface area contributed by atoms with E-state index >= 15 is 0 Å². The molecule has 66 heavy (non-hydrogen) atoms. The summed E-state index contributed by atoms with van der Waals surface area (Å²) in [6.07, 6.45) is 45.0. The molecule has 0 aliphatic heterocycles. The molecule has 0 spiro atoms. The highest BCUT2D eigenvalue weighted by Gasteiger charge is 2.28. The first-order valence-electron chi connectivity index (χ1n) is 27.9. The summed E-state index contributed by atoms with van der Waals surface area (Å²) < 4.78 is 39.4. The van der Waals surface area contributed by atoms with E-state index in [-0.39, 0.29) is 25.9 Å². The standard InChI is InChI=1S/C54H105O11P/c1-4-7-10-13-16-19-21-23-24-25-26-28-30-33-36-39-42-45-54(58)65-51(47-61-52(56)43-40-37-34-32-29-27-22-20-17-14-11-8-5-2)49-63-66(59,60)62-48-50(46-55)64-53(57)44-41-38-35-31-18-15-12-9-6-3/h50-51,55H,4-49H2,1-3H3,(H,59,60). The summed E-state index contributed by atoms with van der Waals surface area (Å²) in [6, 6.07) is 0. The van der Waals surface area contributed by atoms with Crippen molar-refractivity contribution in [1.29, 1.82) is 0 Å². The molecule has 0 heterocycles. The van der Waals surface area contributed by atoms with E-state index in [9.17, 15) is 28.9 Å². The van der Waals surface area contributed by atoms with Crippen LogP contribution in [0.5, 0.6) is 0 Å². The van der Waals surface area contributed by atoms with E-state index in [1.165, 1.54) is 173 Å². The van der Waals surface area contributed by atoms with Gasteiger partial charge >= 0.3 is 25.7 Å². The fourth-order valence-electron chi connectivity index (χ4n) is 8.24. The van der Waals surface area contributed by atoms with Crippen molar-refractivity contribution in [2.45, 2.75) is 303 Å². The van der Waals surface area contributed by atoms with E-state index in [0.717, 1.165) is 57.8 Å². The third kappa shape index (κ3) is 47.5. The van der Waals surface area contributed by atoms with Crippen LogP contribution in [-0.2, 0) is 42.2 Å². The van der Waals surface area contributed by atoms with Crippen LogP contribution in [0.25, 0.3) is 0 Å². The predicted molar refractivity (Wildman–Crippen MR) is 270 cm³/mol. The van der Waals surface area contributed by atoms with Crippen molar-refractivity contribution in [3.63, 3.8) is 0 Å². The number of hydrogen-bond acceptors (Lipinski definition) is 10. The van der Waals surface area contributed by atoms with Crippen LogP contribution in [0.3, 0.4) is 0 Å². The summed E-state index contributed by atoms with van der Waals surface area (Å²) in [5, 5.41) is 9.75. The summed E-state index contributed by atoms with van der Waals surface area (Å²) >= 11 is 0. The van der Waals surface area contributed by atoms with Crippen molar-refractivity contribution >= 4 is 25.7 Å². The number of aliphatic hydroxyl groups is 1. The number of ether oxygens (including phenoxy) is 3. The number of phosphoric acid groups is 1. The highest BCUT2D eigenvalue weighted by Crippen LogP contribution is 2.43. The SMILES string of the molecule is CCCCCCCCCCCCCCCCCCCC(=O)OC(COC(=O)CCCCCCCCCCCCCCC)COP(=O)(O)OCC(CO)OC(=O)CCCCCCCCCCC. The van der Waals surface area contributed by atoms with Gasteiger partial charge in [-0.15, -0.1) is 0 Å². The number of carbonyl (C=O) groups excluding carboxylic acids is 3. The molecule has 0 aliphatic carbocycles. The lowest BCUT2D eigenvalue weighted by Gasteiger charge is -2.21. The maximum absolute atomic E-state index is 12.9. The summed E-state index contributed by atoms with van der Waals surface area (Å²) in [5.41, 5.74) is 0. The zero-order valence-corrected chi connectivity index (χ0v) is 44.1. The van der Waals surface area contributed by atoms with Gasteiger partial charge in [0.05, 0.1) is 19.8 Å². The molecule has 0 amide bonds. The average molecular weight is 961 g/mol. The van der Waals surface area contributed by atoms with Crippen LogP contribution in [0.1, 0.15) is 290 Å². The molecular weight excluding hydrogens is 856 g/mol. The van der Waals surface area contributed by atoms with Gasteiger partial charge in [0.1, 0.15) is 12.7 Å². The molecule has 0 aromatic heterocycles. The lowest BCUT2D eigenvalue weighted by Crippen LogP contribution is -2.30. The molecule has 2 N–H and O–H groups in total. The van der Waals surface area contributed by atoms with Gasteiger partial charge in [-0.2, -0.15) is 0 Å². The highest BCUT2D eigenvalue weighted by molar-refractivity contribution is 7.47. The van der Waals surface area contributed by atoms with Gasteiger partial charge in [0.2, 0.25) is 0 Å². The lowest BCUT2D eigenvalue weighted by molar-refractivity contribution is -0.161. The Hall–Kier alpha value is -1.52. The van der Waals surface area contributed by atoms with Gasteiger partial charge in [-0.25, -0.2) is 4.57 Å². The Morgan fingerprint density at radius 1 is 0.364 bits per heavy atom. The van der Waals surface area contributed by atoms with Gasteiger partial charge in [-0.1, -0.05) is 252 Å². The Bertz CT molecular complexity index is 1120. The highest BCUT2D eigenvalue weighted by atomic mass is 31.2. The molecule has 11 nitrogen and oxygen atoms in total. The molecule has 0 bridgehead atoms. The molecule has 392 valence electrons. The first-order chi connectivity index (χ1) is 32.2. The van der Waals surface area contributed by atoms with Crippen molar-refractivity contribution in [1.82, 2.24) is 0 Å².